The summed E-state index contributed by atoms with van der Waals surface area (Å²) in [5.41, 5.74) is 14.8. The second-order valence-electron chi connectivity index (χ2n) is 10.8. The van der Waals surface area contributed by atoms with E-state index in [2.05, 4.69) is 10.1 Å². The van der Waals surface area contributed by atoms with E-state index in [0.29, 0.717) is 63.6 Å². The summed E-state index contributed by atoms with van der Waals surface area (Å²) in [6.45, 7) is 7.75. The van der Waals surface area contributed by atoms with Crippen LogP contribution < -0.4 is 16.2 Å². The average molecular weight is 550 g/mol. The first-order valence-electron chi connectivity index (χ1n) is 12.8. The van der Waals surface area contributed by atoms with Crippen molar-refractivity contribution in [1.82, 2.24) is 24.6 Å². The van der Waals surface area contributed by atoms with Crippen molar-refractivity contribution in [2.45, 2.75) is 45.8 Å². The highest BCUT2D eigenvalue weighted by Gasteiger charge is 2.27. The van der Waals surface area contributed by atoms with Crippen LogP contribution in [0.4, 0.5) is 16.2 Å². The Balaban J connectivity index is 1.27. The summed E-state index contributed by atoms with van der Waals surface area (Å²) in [6, 6.07) is 8.61. The smallest absolute Gasteiger partial charge is 0.410 e. The second-order valence-corrected chi connectivity index (χ2v) is 11.1. The number of piperidine rings is 1. The quantitative estimate of drug-likeness (QED) is 0.300. The van der Waals surface area contributed by atoms with Crippen molar-refractivity contribution in [3.05, 3.63) is 53.9 Å². The molecule has 0 spiro atoms. The number of fused-ring (bicyclic) bond motifs is 1. The number of halogens is 1. The standard InChI is InChI=1S/C28H32ClN7O3/c1-28(2,3)39-27(37)35-10-8-17(9-11-35)15-36-16-18(13-33-36)23-14-32-22-6-7-24(25(29)26(22)34-23)38-19-4-5-20(30)21(31)12-19/h4-7,12-14,16-17H,8-11,15,30-31H2,1-3H3. The molecule has 0 unspecified atom stereocenters. The van der Waals surface area contributed by atoms with E-state index in [-0.39, 0.29) is 6.09 Å². The third-order valence-electron chi connectivity index (χ3n) is 6.54. The number of nitrogens with two attached hydrogens (primary N) is 2. The number of anilines is 2. The number of hydrogen-bond acceptors (Lipinski definition) is 8. The molecule has 0 aliphatic carbocycles. The molecule has 39 heavy (non-hydrogen) atoms. The normalized spacial score (nSPS) is 14.5. The molecule has 1 saturated heterocycles. The van der Waals surface area contributed by atoms with Gasteiger partial charge in [0, 0.05) is 37.5 Å². The molecule has 0 bridgehead atoms. The summed E-state index contributed by atoms with van der Waals surface area (Å²) >= 11 is 6.68. The van der Waals surface area contributed by atoms with Gasteiger partial charge in [-0.25, -0.2) is 9.78 Å². The highest BCUT2D eigenvalue weighted by atomic mass is 35.5. The number of aromatic nitrogens is 4. The minimum Gasteiger partial charge on any atom is -0.456 e. The van der Waals surface area contributed by atoms with Crippen LogP contribution in [0.3, 0.4) is 0 Å². The molecule has 11 heteroatoms. The van der Waals surface area contributed by atoms with Gasteiger partial charge >= 0.3 is 6.09 Å². The average Bonchev–Trinajstić information content (AvgIpc) is 3.35. The number of carbonyl (C=O) groups is 1. The number of ether oxygens (including phenoxy) is 2. The van der Waals surface area contributed by atoms with Gasteiger partial charge in [-0.3, -0.25) is 9.67 Å². The van der Waals surface area contributed by atoms with Gasteiger partial charge in [0.1, 0.15) is 27.6 Å². The fraction of sp³-hybridized carbons (Fsp3) is 0.357. The van der Waals surface area contributed by atoms with E-state index in [0.717, 1.165) is 24.9 Å². The molecule has 1 amide bonds. The molecule has 5 rings (SSSR count). The van der Waals surface area contributed by atoms with Gasteiger partial charge in [0.15, 0.2) is 0 Å². The monoisotopic (exact) mass is 549 g/mol. The Labute approximate surface area is 231 Å². The van der Waals surface area contributed by atoms with Crippen LogP contribution >= 0.6 is 11.6 Å². The summed E-state index contributed by atoms with van der Waals surface area (Å²) in [5, 5.41) is 4.89. The zero-order chi connectivity index (χ0) is 27.7. The van der Waals surface area contributed by atoms with Gasteiger partial charge in [-0.15, -0.1) is 0 Å². The Morgan fingerprint density at radius 3 is 2.59 bits per heavy atom. The van der Waals surface area contributed by atoms with Gasteiger partial charge in [-0.1, -0.05) is 11.6 Å². The number of nitrogen functional groups attached to an aromatic ring is 2. The first kappa shape index (κ1) is 26.6. The van der Waals surface area contributed by atoms with E-state index < -0.39 is 5.60 Å². The number of rotatable bonds is 5. The maximum atomic E-state index is 12.3. The maximum Gasteiger partial charge on any atom is 0.410 e. The summed E-state index contributed by atoms with van der Waals surface area (Å²) < 4.78 is 13.4. The number of nitrogens with zero attached hydrogens (tertiary/aromatic N) is 5. The van der Waals surface area contributed by atoms with Crippen molar-refractivity contribution in [2.24, 2.45) is 5.92 Å². The fourth-order valence-corrected chi connectivity index (χ4v) is 4.71. The lowest BCUT2D eigenvalue weighted by molar-refractivity contribution is 0.0177. The molecule has 2 aromatic heterocycles. The number of benzene rings is 2. The molecule has 0 atom stereocenters. The third-order valence-corrected chi connectivity index (χ3v) is 6.91. The molecule has 10 nitrogen and oxygen atoms in total. The first-order chi connectivity index (χ1) is 18.6. The molecule has 0 saturated carbocycles. The lowest BCUT2D eigenvalue weighted by atomic mass is 9.97. The molecule has 204 valence electrons. The van der Waals surface area contributed by atoms with Crippen molar-refractivity contribution in [3.8, 4) is 22.8 Å². The summed E-state index contributed by atoms with van der Waals surface area (Å²) in [5.74, 6) is 1.37. The van der Waals surface area contributed by atoms with E-state index >= 15 is 0 Å². The van der Waals surface area contributed by atoms with Gasteiger partial charge in [0.05, 0.1) is 35.0 Å². The van der Waals surface area contributed by atoms with Crippen molar-refractivity contribution in [3.63, 3.8) is 0 Å². The molecule has 4 aromatic rings. The van der Waals surface area contributed by atoms with E-state index in [4.69, 9.17) is 37.5 Å². The van der Waals surface area contributed by atoms with Crippen LogP contribution in [0.5, 0.6) is 11.5 Å². The molecular weight excluding hydrogens is 518 g/mol. The largest absolute Gasteiger partial charge is 0.456 e. The van der Waals surface area contributed by atoms with Crippen LogP contribution in [0.2, 0.25) is 5.02 Å². The van der Waals surface area contributed by atoms with Gasteiger partial charge in [-0.05, 0) is 63.8 Å². The Kier molecular flexibility index (Phi) is 7.22. The van der Waals surface area contributed by atoms with E-state index in [1.165, 1.54) is 0 Å². The van der Waals surface area contributed by atoms with Crippen LogP contribution in [0.1, 0.15) is 33.6 Å². The lowest BCUT2D eigenvalue weighted by Crippen LogP contribution is -2.42. The Morgan fingerprint density at radius 1 is 1.10 bits per heavy atom. The third kappa shape index (κ3) is 6.17. The minimum atomic E-state index is -0.491. The maximum absolute atomic E-state index is 12.3. The molecule has 1 aliphatic rings. The molecule has 1 fully saturated rings. The van der Waals surface area contributed by atoms with Gasteiger partial charge in [0.25, 0.3) is 0 Å². The van der Waals surface area contributed by atoms with Crippen LogP contribution in [-0.2, 0) is 11.3 Å². The lowest BCUT2D eigenvalue weighted by Gasteiger charge is -2.33. The zero-order valence-electron chi connectivity index (χ0n) is 22.2. The minimum absolute atomic E-state index is 0.248. The van der Waals surface area contributed by atoms with Crippen molar-refractivity contribution in [2.75, 3.05) is 24.6 Å². The molecule has 3 heterocycles. The second kappa shape index (κ2) is 10.6. The SMILES string of the molecule is CC(C)(C)OC(=O)N1CCC(Cn2cc(-c3cnc4ccc(Oc5ccc(N)c(N)c5)c(Cl)c4n3)cn2)CC1. The van der Waals surface area contributed by atoms with Gasteiger partial charge in [-0.2, -0.15) is 5.10 Å². The van der Waals surface area contributed by atoms with Crippen LogP contribution in [0, 0.1) is 5.92 Å². The van der Waals surface area contributed by atoms with Crippen LogP contribution in [-0.4, -0.2) is 49.4 Å². The van der Waals surface area contributed by atoms with Crippen molar-refractivity contribution in [1.29, 1.82) is 0 Å². The summed E-state index contributed by atoms with van der Waals surface area (Å²) in [6.07, 6.45) is 6.98. The predicted octanol–water partition coefficient (Wildman–Crippen LogP) is 5.75. The van der Waals surface area contributed by atoms with E-state index in [1.54, 1.807) is 47.6 Å². The van der Waals surface area contributed by atoms with E-state index in [1.807, 2.05) is 31.6 Å². The van der Waals surface area contributed by atoms with Gasteiger partial charge < -0.3 is 25.8 Å². The van der Waals surface area contributed by atoms with Gasteiger partial charge in [0.2, 0.25) is 0 Å². The summed E-state index contributed by atoms with van der Waals surface area (Å²) in [4.78, 5) is 23.4. The molecule has 2 aromatic carbocycles. The zero-order valence-corrected chi connectivity index (χ0v) is 23.0. The number of amides is 1. The Bertz CT molecular complexity index is 1510. The van der Waals surface area contributed by atoms with E-state index in [9.17, 15) is 4.79 Å². The highest BCUT2D eigenvalue weighted by molar-refractivity contribution is 6.36. The van der Waals surface area contributed by atoms with Crippen molar-refractivity contribution >= 4 is 40.1 Å². The number of hydrogen-bond donors (Lipinski definition) is 2. The topological polar surface area (TPSA) is 134 Å². The Morgan fingerprint density at radius 2 is 1.87 bits per heavy atom. The molecular formula is C28H32ClN7O3. The first-order valence-corrected chi connectivity index (χ1v) is 13.2. The molecule has 0 radical (unpaired) electrons. The number of carbonyl (C=O) groups excluding carboxylic acids is 1. The molecule has 4 N–H and O–H groups in total. The Hall–Kier alpha value is -4.05. The summed E-state index contributed by atoms with van der Waals surface area (Å²) in [7, 11) is 0. The number of likely N-dealkylation sites (tertiary alicyclic amines) is 1. The highest BCUT2D eigenvalue weighted by Crippen LogP contribution is 2.36. The molecule has 1 aliphatic heterocycles. The van der Waals surface area contributed by atoms with Crippen LogP contribution in [0.25, 0.3) is 22.3 Å². The fourth-order valence-electron chi connectivity index (χ4n) is 4.47. The van der Waals surface area contributed by atoms with Crippen molar-refractivity contribution < 1.29 is 14.3 Å². The predicted molar refractivity (Wildman–Crippen MR) is 152 cm³/mol. The van der Waals surface area contributed by atoms with Crippen LogP contribution in [0.15, 0.2) is 48.9 Å².